The summed E-state index contributed by atoms with van der Waals surface area (Å²) >= 11 is 0. The normalized spacial score (nSPS) is 10.5. The average molecular weight is 250 g/mol. The largest absolute Gasteiger partial charge is 0.497 e. The summed E-state index contributed by atoms with van der Waals surface area (Å²) in [6.07, 6.45) is 0. The van der Waals surface area contributed by atoms with Crippen molar-refractivity contribution in [1.82, 2.24) is 4.90 Å². The summed E-state index contributed by atoms with van der Waals surface area (Å²) in [4.78, 5) is 4.20. The number of likely N-dealkylation sites (N-methyl/N-ethyl adjacent to an activating group) is 2. The molecule has 0 fully saturated rings. The molecule has 0 aliphatic carbocycles. The Labute approximate surface area is 109 Å². The van der Waals surface area contributed by atoms with Crippen LogP contribution in [-0.2, 0) is 0 Å². The lowest BCUT2D eigenvalue weighted by Gasteiger charge is -2.24. The Balaban J connectivity index is 2.99. The van der Waals surface area contributed by atoms with Crippen molar-refractivity contribution in [2.75, 3.05) is 46.2 Å². The lowest BCUT2D eigenvalue weighted by molar-refractivity contribution is 0.412. The molecule has 1 rings (SSSR count). The summed E-state index contributed by atoms with van der Waals surface area (Å²) in [5, 5.41) is 7.61. The number of hydrogen-bond donors (Lipinski definition) is 2. The summed E-state index contributed by atoms with van der Waals surface area (Å²) in [6.45, 7) is 1.80. The molecule has 0 bridgehead atoms. The molecule has 0 amide bonds. The molecule has 0 heterocycles. The summed E-state index contributed by atoms with van der Waals surface area (Å²) in [6, 6.07) is 5.55. The van der Waals surface area contributed by atoms with E-state index in [-0.39, 0.29) is 5.84 Å². The van der Waals surface area contributed by atoms with Crippen molar-refractivity contribution in [3.05, 3.63) is 23.8 Å². The van der Waals surface area contributed by atoms with Gasteiger partial charge in [-0.2, -0.15) is 0 Å². The van der Waals surface area contributed by atoms with Crippen LogP contribution in [0.1, 0.15) is 5.56 Å². The van der Waals surface area contributed by atoms with E-state index in [1.807, 2.05) is 39.3 Å². The van der Waals surface area contributed by atoms with Gasteiger partial charge in [0.05, 0.1) is 12.8 Å². The maximum atomic E-state index is 7.61. The Hall–Kier alpha value is -1.75. The number of amidine groups is 1. The summed E-state index contributed by atoms with van der Waals surface area (Å²) in [5.41, 5.74) is 7.26. The predicted octanol–water partition coefficient (Wildman–Crippen LogP) is 0.977. The number of nitrogens with one attached hydrogen (secondary N) is 1. The van der Waals surface area contributed by atoms with Crippen LogP contribution in [0.5, 0.6) is 5.75 Å². The zero-order chi connectivity index (χ0) is 13.7. The number of rotatable bonds is 6. The van der Waals surface area contributed by atoms with Crippen LogP contribution in [0.25, 0.3) is 0 Å². The second kappa shape index (κ2) is 6.26. The molecule has 5 nitrogen and oxygen atoms in total. The minimum atomic E-state index is 0.0735. The van der Waals surface area contributed by atoms with Crippen LogP contribution in [0.3, 0.4) is 0 Å². The SMILES string of the molecule is COc1ccc(C(=N)N)c(N(C)CCN(C)C)c1. The van der Waals surface area contributed by atoms with Crippen molar-refractivity contribution in [1.29, 1.82) is 5.41 Å². The van der Waals surface area contributed by atoms with Gasteiger partial charge in [0.1, 0.15) is 11.6 Å². The van der Waals surface area contributed by atoms with E-state index in [4.69, 9.17) is 15.9 Å². The maximum absolute atomic E-state index is 7.61. The lowest BCUT2D eigenvalue weighted by Crippen LogP contribution is -2.30. The highest BCUT2D eigenvalue weighted by Crippen LogP contribution is 2.25. The van der Waals surface area contributed by atoms with Gasteiger partial charge in [0.25, 0.3) is 0 Å². The summed E-state index contributed by atoms with van der Waals surface area (Å²) in [5.74, 6) is 0.844. The van der Waals surface area contributed by atoms with Crippen LogP contribution in [0, 0.1) is 5.41 Å². The standard InChI is InChI=1S/C13H22N4O/c1-16(2)7-8-17(3)12-9-10(18-4)5-6-11(12)13(14)15/h5-6,9H,7-8H2,1-4H3,(H3,14,15). The van der Waals surface area contributed by atoms with Crippen LogP contribution in [0.4, 0.5) is 5.69 Å². The zero-order valence-electron chi connectivity index (χ0n) is 11.5. The minimum Gasteiger partial charge on any atom is -0.497 e. The number of nitrogens with zero attached hydrogens (tertiary/aromatic N) is 2. The fourth-order valence-corrected chi connectivity index (χ4v) is 1.65. The Morgan fingerprint density at radius 2 is 1.94 bits per heavy atom. The third kappa shape index (κ3) is 3.63. The van der Waals surface area contributed by atoms with Crippen molar-refractivity contribution in [3.63, 3.8) is 0 Å². The fourth-order valence-electron chi connectivity index (χ4n) is 1.65. The molecule has 0 saturated carbocycles. The van der Waals surface area contributed by atoms with Gasteiger partial charge in [0.2, 0.25) is 0 Å². The van der Waals surface area contributed by atoms with E-state index in [1.54, 1.807) is 7.11 Å². The van der Waals surface area contributed by atoms with Gasteiger partial charge in [0.15, 0.2) is 0 Å². The molecule has 3 N–H and O–H groups in total. The second-order valence-corrected chi connectivity index (χ2v) is 4.52. The first-order chi connectivity index (χ1) is 8.45. The molecule has 0 aromatic heterocycles. The quantitative estimate of drug-likeness (QED) is 0.583. The van der Waals surface area contributed by atoms with Crippen LogP contribution in [0.2, 0.25) is 0 Å². The highest BCUT2D eigenvalue weighted by atomic mass is 16.5. The van der Waals surface area contributed by atoms with Gasteiger partial charge in [-0.15, -0.1) is 0 Å². The van der Waals surface area contributed by atoms with E-state index in [1.165, 1.54) is 0 Å². The van der Waals surface area contributed by atoms with E-state index in [9.17, 15) is 0 Å². The number of nitrogen functional groups attached to an aromatic ring is 1. The first-order valence-corrected chi connectivity index (χ1v) is 5.84. The average Bonchev–Trinajstić information content (AvgIpc) is 2.34. The van der Waals surface area contributed by atoms with Crippen molar-refractivity contribution >= 4 is 11.5 Å². The molecule has 0 atom stereocenters. The monoisotopic (exact) mass is 250 g/mol. The molecular formula is C13H22N4O. The van der Waals surface area contributed by atoms with E-state index in [0.29, 0.717) is 0 Å². The van der Waals surface area contributed by atoms with E-state index in [0.717, 1.165) is 30.1 Å². The highest BCUT2D eigenvalue weighted by molar-refractivity contribution is 6.00. The number of hydrogen-bond acceptors (Lipinski definition) is 4. The molecule has 0 spiro atoms. The number of nitrogens with two attached hydrogens (primary N) is 1. The Morgan fingerprint density at radius 1 is 1.28 bits per heavy atom. The first kappa shape index (κ1) is 14.3. The highest BCUT2D eigenvalue weighted by Gasteiger charge is 2.11. The first-order valence-electron chi connectivity index (χ1n) is 5.84. The number of ether oxygens (including phenoxy) is 1. The molecule has 0 aliphatic rings. The minimum absolute atomic E-state index is 0.0735. The summed E-state index contributed by atoms with van der Waals surface area (Å²) < 4.78 is 5.22. The number of anilines is 1. The van der Waals surface area contributed by atoms with Crippen molar-refractivity contribution < 1.29 is 4.74 Å². The molecule has 5 heteroatoms. The Kier molecular flexibility index (Phi) is 4.97. The van der Waals surface area contributed by atoms with E-state index >= 15 is 0 Å². The molecule has 0 saturated heterocycles. The summed E-state index contributed by atoms with van der Waals surface area (Å²) in [7, 11) is 7.69. The van der Waals surface area contributed by atoms with Crippen molar-refractivity contribution in [2.24, 2.45) is 5.73 Å². The number of methoxy groups -OCH3 is 1. The Bertz CT molecular complexity index is 417. The maximum Gasteiger partial charge on any atom is 0.124 e. The third-order valence-corrected chi connectivity index (χ3v) is 2.79. The van der Waals surface area contributed by atoms with E-state index < -0.39 is 0 Å². The topological polar surface area (TPSA) is 65.6 Å². The Morgan fingerprint density at radius 3 is 2.44 bits per heavy atom. The van der Waals surface area contributed by atoms with Gasteiger partial charge in [0, 0.05) is 31.8 Å². The van der Waals surface area contributed by atoms with E-state index in [2.05, 4.69) is 9.80 Å². The van der Waals surface area contributed by atoms with Crippen molar-refractivity contribution in [2.45, 2.75) is 0 Å². The fraction of sp³-hybridized carbons (Fsp3) is 0.462. The predicted molar refractivity (Wildman–Crippen MR) is 75.8 cm³/mol. The van der Waals surface area contributed by atoms with Gasteiger partial charge in [-0.25, -0.2) is 0 Å². The van der Waals surface area contributed by atoms with Gasteiger partial charge in [-0.1, -0.05) is 0 Å². The van der Waals surface area contributed by atoms with Gasteiger partial charge >= 0.3 is 0 Å². The smallest absolute Gasteiger partial charge is 0.124 e. The van der Waals surface area contributed by atoms with Gasteiger partial charge in [-0.05, 0) is 26.2 Å². The molecule has 0 unspecified atom stereocenters. The lowest BCUT2D eigenvalue weighted by atomic mass is 10.1. The van der Waals surface area contributed by atoms with Gasteiger partial charge < -0.3 is 20.3 Å². The molecule has 100 valence electrons. The molecule has 0 aliphatic heterocycles. The molecule has 0 radical (unpaired) electrons. The molecule has 1 aromatic carbocycles. The zero-order valence-corrected chi connectivity index (χ0v) is 11.5. The third-order valence-electron chi connectivity index (χ3n) is 2.79. The molecule has 1 aromatic rings. The van der Waals surface area contributed by atoms with Gasteiger partial charge in [-0.3, -0.25) is 5.41 Å². The molecule has 18 heavy (non-hydrogen) atoms. The van der Waals surface area contributed by atoms with Crippen LogP contribution in [0.15, 0.2) is 18.2 Å². The van der Waals surface area contributed by atoms with Crippen LogP contribution in [-0.4, -0.2) is 52.1 Å². The van der Waals surface area contributed by atoms with Crippen LogP contribution >= 0.6 is 0 Å². The van der Waals surface area contributed by atoms with Crippen LogP contribution < -0.4 is 15.4 Å². The number of benzene rings is 1. The van der Waals surface area contributed by atoms with Crippen molar-refractivity contribution in [3.8, 4) is 5.75 Å². The second-order valence-electron chi connectivity index (χ2n) is 4.52. The molecular weight excluding hydrogens is 228 g/mol.